The number of unbranched alkanes of at least 4 members (excludes halogenated alkanes) is 2. The molecule has 1 aromatic carbocycles. The molecule has 0 aromatic heterocycles. The second-order valence-electron chi connectivity index (χ2n) is 5.84. The fourth-order valence-electron chi connectivity index (χ4n) is 2.85. The number of para-hydroxylation sites is 2. The molecule has 0 saturated heterocycles. The Bertz CT molecular complexity index is 643. The Balaban J connectivity index is 2.19. The number of hydrogen-bond donors (Lipinski definition) is 3. The van der Waals surface area contributed by atoms with Crippen LogP contribution >= 0.6 is 12.2 Å². The molecular weight excluding hydrogens is 322 g/mol. The number of rotatable bonds is 7. The van der Waals surface area contributed by atoms with E-state index in [1.54, 1.807) is 7.11 Å². The Morgan fingerprint density at radius 2 is 2.08 bits per heavy atom. The molecule has 3 N–H and O–H groups in total. The number of anilines is 1. The van der Waals surface area contributed by atoms with E-state index in [0.29, 0.717) is 22.1 Å². The number of carbonyl (C=O) groups is 1. The van der Waals surface area contributed by atoms with Crippen LogP contribution in [-0.2, 0) is 4.79 Å². The monoisotopic (exact) mass is 347 g/mol. The van der Waals surface area contributed by atoms with E-state index in [-0.39, 0.29) is 11.9 Å². The van der Waals surface area contributed by atoms with Gasteiger partial charge in [-0.05, 0) is 37.7 Å². The Morgan fingerprint density at radius 3 is 2.79 bits per heavy atom. The summed E-state index contributed by atoms with van der Waals surface area (Å²) in [4.78, 5) is 12.8. The highest BCUT2D eigenvalue weighted by Gasteiger charge is 2.28. The van der Waals surface area contributed by atoms with Crippen LogP contribution in [-0.4, -0.2) is 24.2 Å². The summed E-state index contributed by atoms with van der Waals surface area (Å²) in [5.41, 5.74) is 2.16. The molecule has 6 heteroatoms. The van der Waals surface area contributed by atoms with E-state index in [9.17, 15) is 4.79 Å². The van der Waals surface area contributed by atoms with Crippen LogP contribution in [0.3, 0.4) is 0 Å². The Hall–Kier alpha value is -2.08. The average Bonchev–Trinajstić information content (AvgIpc) is 2.55. The topological polar surface area (TPSA) is 62.4 Å². The largest absolute Gasteiger partial charge is 0.495 e. The molecule has 1 heterocycles. The second kappa shape index (κ2) is 8.68. The summed E-state index contributed by atoms with van der Waals surface area (Å²) in [6, 6.07) is 7.31. The fourth-order valence-corrected chi connectivity index (χ4v) is 3.14. The fraction of sp³-hybridized carbons (Fsp3) is 0.444. The zero-order valence-electron chi connectivity index (χ0n) is 14.4. The third-order valence-electron chi connectivity index (χ3n) is 4.05. The molecule has 0 saturated carbocycles. The van der Waals surface area contributed by atoms with E-state index in [4.69, 9.17) is 17.0 Å². The zero-order chi connectivity index (χ0) is 17.5. The van der Waals surface area contributed by atoms with Crippen molar-refractivity contribution in [1.82, 2.24) is 10.6 Å². The minimum absolute atomic E-state index is 0.0694. The summed E-state index contributed by atoms with van der Waals surface area (Å²) in [5, 5.41) is 9.80. The number of hydrogen-bond acceptors (Lipinski definition) is 3. The minimum Gasteiger partial charge on any atom is -0.495 e. The van der Waals surface area contributed by atoms with Crippen LogP contribution in [0.4, 0.5) is 5.69 Å². The lowest BCUT2D eigenvalue weighted by Crippen LogP contribution is -2.50. The molecule has 1 atom stereocenters. The molecule has 5 nitrogen and oxygen atoms in total. The van der Waals surface area contributed by atoms with E-state index in [0.717, 1.165) is 31.4 Å². The normalized spacial score (nSPS) is 17.1. The molecule has 1 aliphatic rings. The minimum atomic E-state index is -0.138. The van der Waals surface area contributed by atoms with Gasteiger partial charge in [-0.3, -0.25) is 4.79 Å². The van der Waals surface area contributed by atoms with Gasteiger partial charge < -0.3 is 20.7 Å². The highest BCUT2D eigenvalue weighted by atomic mass is 32.1. The first-order chi connectivity index (χ1) is 11.6. The van der Waals surface area contributed by atoms with Crippen molar-refractivity contribution in [2.45, 2.75) is 45.6 Å². The van der Waals surface area contributed by atoms with E-state index in [2.05, 4.69) is 22.9 Å². The third kappa shape index (κ3) is 4.47. The molecule has 2 rings (SSSR count). The smallest absolute Gasteiger partial charge is 0.255 e. The maximum Gasteiger partial charge on any atom is 0.255 e. The van der Waals surface area contributed by atoms with E-state index < -0.39 is 0 Å². The number of nitrogens with one attached hydrogen (secondary N) is 3. The number of allylic oxidation sites excluding steroid dienone is 1. The van der Waals surface area contributed by atoms with Crippen molar-refractivity contribution in [2.75, 3.05) is 12.4 Å². The lowest BCUT2D eigenvalue weighted by molar-refractivity contribution is -0.113. The first kappa shape index (κ1) is 18.3. The van der Waals surface area contributed by atoms with Crippen LogP contribution in [0.2, 0.25) is 0 Å². The molecule has 1 amide bonds. The van der Waals surface area contributed by atoms with Crippen LogP contribution < -0.4 is 20.7 Å². The van der Waals surface area contributed by atoms with Crippen molar-refractivity contribution < 1.29 is 9.53 Å². The number of benzene rings is 1. The second-order valence-corrected chi connectivity index (χ2v) is 6.25. The molecule has 0 radical (unpaired) electrons. The summed E-state index contributed by atoms with van der Waals surface area (Å²) < 4.78 is 5.30. The molecule has 0 fully saturated rings. The Kier molecular flexibility index (Phi) is 6.61. The van der Waals surface area contributed by atoms with E-state index >= 15 is 0 Å². The lowest BCUT2D eigenvalue weighted by atomic mass is 9.96. The van der Waals surface area contributed by atoms with Crippen molar-refractivity contribution in [3.63, 3.8) is 0 Å². The van der Waals surface area contributed by atoms with Gasteiger partial charge in [0.15, 0.2) is 5.11 Å². The molecule has 0 spiro atoms. The SMILES string of the molecule is CCCCCC1NC(=S)NC(C)=C1C(=O)Nc1ccccc1OC. The Morgan fingerprint density at radius 1 is 1.33 bits per heavy atom. The molecule has 0 aliphatic carbocycles. The zero-order valence-corrected chi connectivity index (χ0v) is 15.3. The number of ether oxygens (including phenoxy) is 1. The summed E-state index contributed by atoms with van der Waals surface area (Å²) in [7, 11) is 1.59. The van der Waals surface area contributed by atoms with E-state index in [1.807, 2.05) is 31.2 Å². The van der Waals surface area contributed by atoms with Gasteiger partial charge in [0.05, 0.1) is 24.4 Å². The van der Waals surface area contributed by atoms with Crippen LogP contribution in [0.25, 0.3) is 0 Å². The molecule has 1 aliphatic heterocycles. The maximum absolute atomic E-state index is 12.8. The van der Waals surface area contributed by atoms with Gasteiger partial charge in [0.25, 0.3) is 5.91 Å². The van der Waals surface area contributed by atoms with Crippen molar-refractivity contribution >= 4 is 28.9 Å². The average molecular weight is 347 g/mol. The summed E-state index contributed by atoms with van der Waals surface area (Å²) >= 11 is 5.24. The first-order valence-electron chi connectivity index (χ1n) is 8.29. The van der Waals surface area contributed by atoms with Gasteiger partial charge in [-0.25, -0.2) is 0 Å². The van der Waals surface area contributed by atoms with Gasteiger partial charge in [0, 0.05) is 5.70 Å². The predicted octanol–water partition coefficient (Wildman–Crippen LogP) is 3.33. The number of thiocarbonyl (C=S) groups is 1. The van der Waals surface area contributed by atoms with Gasteiger partial charge in [0.2, 0.25) is 0 Å². The first-order valence-corrected chi connectivity index (χ1v) is 8.70. The van der Waals surface area contributed by atoms with Gasteiger partial charge in [-0.15, -0.1) is 0 Å². The maximum atomic E-state index is 12.8. The van der Waals surface area contributed by atoms with Crippen LogP contribution in [0.15, 0.2) is 35.5 Å². The van der Waals surface area contributed by atoms with Crippen LogP contribution in [0, 0.1) is 0 Å². The molecule has 130 valence electrons. The molecular formula is C18H25N3O2S. The van der Waals surface area contributed by atoms with Gasteiger partial charge in [-0.1, -0.05) is 38.3 Å². The van der Waals surface area contributed by atoms with Crippen LogP contribution in [0.1, 0.15) is 39.5 Å². The highest BCUT2D eigenvalue weighted by Crippen LogP contribution is 2.25. The van der Waals surface area contributed by atoms with Crippen molar-refractivity contribution in [3.05, 3.63) is 35.5 Å². The standard InChI is InChI=1S/C18H25N3O2S/c1-4-5-6-10-14-16(12(2)19-18(24)21-14)17(22)20-13-9-7-8-11-15(13)23-3/h7-9,11,14H,4-6,10H2,1-3H3,(H,20,22)(H2,19,21,24). The molecule has 1 unspecified atom stereocenters. The summed E-state index contributed by atoms with van der Waals surface area (Å²) in [6.07, 6.45) is 4.21. The molecule has 24 heavy (non-hydrogen) atoms. The van der Waals surface area contributed by atoms with Gasteiger partial charge in [-0.2, -0.15) is 0 Å². The number of carbonyl (C=O) groups excluding carboxylic acids is 1. The van der Waals surface area contributed by atoms with Crippen molar-refractivity contribution in [3.8, 4) is 5.75 Å². The molecule has 0 bridgehead atoms. The lowest BCUT2D eigenvalue weighted by Gasteiger charge is -2.30. The van der Waals surface area contributed by atoms with E-state index in [1.165, 1.54) is 0 Å². The number of methoxy groups -OCH3 is 1. The Labute approximate surface area is 148 Å². The quantitative estimate of drug-likeness (QED) is 0.522. The summed E-state index contributed by atoms with van der Waals surface area (Å²) in [6.45, 7) is 4.05. The summed E-state index contributed by atoms with van der Waals surface area (Å²) in [5.74, 6) is 0.500. The predicted molar refractivity (Wildman–Crippen MR) is 101 cm³/mol. The van der Waals surface area contributed by atoms with Crippen molar-refractivity contribution in [1.29, 1.82) is 0 Å². The van der Waals surface area contributed by atoms with Crippen LogP contribution in [0.5, 0.6) is 5.75 Å². The van der Waals surface area contributed by atoms with Gasteiger partial charge in [0.1, 0.15) is 5.75 Å². The molecule has 1 aromatic rings. The third-order valence-corrected chi connectivity index (χ3v) is 4.27. The van der Waals surface area contributed by atoms with Gasteiger partial charge >= 0.3 is 0 Å². The van der Waals surface area contributed by atoms with Crippen molar-refractivity contribution in [2.24, 2.45) is 0 Å². The highest BCUT2D eigenvalue weighted by molar-refractivity contribution is 7.80. The number of amides is 1.